The number of rotatable bonds is 6. The number of benzene rings is 1. The SMILES string of the molecule is Cc1cc(-c2cnc3cc(-c4ccc(OCCN5CCCCC5)nc4)ccn23)c2cc(F)ccc2n1. The van der Waals surface area contributed by atoms with Crippen LogP contribution in [0, 0.1) is 12.7 Å². The number of halogens is 1. The van der Waals surface area contributed by atoms with Crippen LogP contribution in [-0.2, 0) is 0 Å². The first kappa shape index (κ1) is 22.6. The van der Waals surface area contributed by atoms with Crippen molar-refractivity contribution in [1.29, 1.82) is 0 Å². The van der Waals surface area contributed by atoms with E-state index in [1.54, 1.807) is 6.07 Å². The third kappa shape index (κ3) is 4.54. The van der Waals surface area contributed by atoms with Crippen molar-refractivity contribution in [3.63, 3.8) is 0 Å². The average molecular weight is 482 g/mol. The lowest BCUT2D eigenvalue weighted by atomic mass is 10.0. The molecule has 7 heteroatoms. The van der Waals surface area contributed by atoms with Crippen LogP contribution in [0.3, 0.4) is 0 Å². The zero-order valence-corrected chi connectivity index (χ0v) is 20.3. The predicted molar refractivity (Wildman–Crippen MR) is 140 cm³/mol. The van der Waals surface area contributed by atoms with Crippen LogP contribution in [0.5, 0.6) is 5.88 Å². The lowest BCUT2D eigenvalue weighted by Gasteiger charge is -2.26. The topological polar surface area (TPSA) is 55.5 Å². The van der Waals surface area contributed by atoms with Gasteiger partial charge in [0.25, 0.3) is 0 Å². The van der Waals surface area contributed by atoms with E-state index in [9.17, 15) is 4.39 Å². The second kappa shape index (κ2) is 9.66. The third-order valence-corrected chi connectivity index (χ3v) is 6.86. The van der Waals surface area contributed by atoms with Crippen LogP contribution in [0.15, 0.2) is 67.1 Å². The maximum atomic E-state index is 14.0. The average Bonchev–Trinajstić information content (AvgIpc) is 3.33. The van der Waals surface area contributed by atoms with Gasteiger partial charge in [-0.15, -0.1) is 0 Å². The van der Waals surface area contributed by atoms with Gasteiger partial charge in [0.15, 0.2) is 0 Å². The lowest BCUT2D eigenvalue weighted by Crippen LogP contribution is -2.33. The Balaban J connectivity index is 1.23. The molecule has 0 spiro atoms. The molecule has 182 valence electrons. The van der Waals surface area contributed by atoms with E-state index in [1.807, 2.05) is 60.2 Å². The summed E-state index contributed by atoms with van der Waals surface area (Å²) in [5.41, 5.74) is 6.27. The summed E-state index contributed by atoms with van der Waals surface area (Å²) >= 11 is 0. The summed E-state index contributed by atoms with van der Waals surface area (Å²) in [4.78, 5) is 16.2. The van der Waals surface area contributed by atoms with E-state index < -0.39 is 0 Å². The highest BCUT2D eigenvalue weighted by atomic mass is 19.1. The molecular formula is C29H28FN5O. The molecule has 0 aliphatic carbocycles. The monoisotopic (exact) mass is 481 g/mol. The molecule has 0 bridgehead atoms. The van der Waals surface area contributed by atoms with Gasteiger partial charge in [-0.2, -0.15) is 0 Å². The van der Waals surface area contributed by atoms with Gasteiger partial charge >= 0.3 is 0 Å². The summed E-state index contributed by atoms with van der Waals surface area (Å²) in [6.07, 6.45) is 9.58. The molecule has 6 rings (SSSR count). The summed E-state index contributed by atoms with van der Waals surface area (Å²) in [5.74, 6) is 0.365. The zero-order chi connectivity index (χ0) is 24.5. The Bertz CT molecular complexity index is 1520. The third-order valence-electron chi connectivity index (χ3n) is 6.86. The van der Waals surface area contributed by atoms with Crippen molar-refractivity contribution in [1.82, 2.24) is 24.3 Å². The van der Waals surface area contributed by atoms with Gasteiger partial charge in [-0.3, -0.25) is 14.3 Å². The van der Waals surface area contributed by atoms with Crippen LogP contribution in [0.25, 0.3) is 38.9 Å². The van der Waals surface area contributed by atoms with E-state index >= 15 is 0 Å². The molecule has 0 saturated carbocycles. The maximum Gasteiger partial charge on any atom is 0.213 e. The number of ether oxygens (including phenoxy) is 1. The summed E-state index contributed by atoms with van der Waals surface area (Å²) in [5, 5.41) is 0.770. The van der Waals surface area contributed by atoms with Gasteiger partial charge in [0, 0.05) is 47.2 Å². The Morgan fingerprint density at radius 2 is 1.81 bits per heavy atom. The molecule has 1 saturated heterocycles. The molecule has 1 aliphatic heterocycles. The first-order valence-electron chi connectivity index (χ1n) is 12.5. The van der Waals surface area contributed by atoms with Crippen molar-refractivity contribution in [2.75, 3.05) is 26.2 Å². The predicted octanol–water partition coefficient (Wildman–Crippen LogP) is 5.92. The van der Waals surface area contributed by atoms with Gasteiger partial charge in [-0.1, -0.05) is 6.42 Å². The molecule has 1 fully saturated rings. The number of hydrogen-bond acceptors (Lipinski definition) is 5. The smallest absolute Gasteiger partial charge is 0.213 e. The molecule has 0 unspecified atom stereocenters. The highest BCUT2D eigenvalue weighted by molar-refractivity contribution is 5.94. The van der Waals surface area contributed by atoms with Crippen molar-refractivity contribution >= 4 is 16.6 Å². The largest absolute Gasteiger partial charge is 0.476 e. The fraction of sp³-hybridized carbons (Fsp3) is 0.276. The Morgan fingerprint density at radius 1 is 0.917 bits per heavy atom. The molecule has 0 radical (unpaired) electrons. The van der Waals surface area contributed by atoms with Gasteiger partial charge in [0.05, 0.1) is 17.4 Å². The van der Waals surface area contributed by atoms with E-state index in [-0.39, 0.29) is 5.82 Å². The Morgan fingerprint density at radius 3 is 2.64 bits per heavy atom. The van der Waals surface area contributed by atoms with Crippen molar-refractivity contribution in [3.8, 4) is 28.3 Å². The van der Waals surface area contributed by atoms with Crippen LogP contribution >= 0.6 is 0 Å². The van der Waals surface area contributed by atoms with Gasteiger partial charge in [-0.05, 0) is 80.9 Å². The highest BCUT2D eigenvalue weighted by Gasteiger charge is 2.13. The van der Waals surface area contributed by atoms with Crippen LogP contribution in [-0.4, -0.2) is 50.5 Å². The number of piperidine rings is 1. The van der Waals surface area contributed by atoms with Crippen molar-refractivity contribution in [2.45, 2.75) is 26.2 Å². The molecule has 1 aromatic carbocycles. The Kier molecular flexibility index (Phi) is 6.07. The number of aromatic nitrogens is 4. The first-order chi connectivity index (χ1) is 17.6. The molecule has 0 N–H and O–H groups in total. The molecule has 4 aromatic heterocycles. The fourth-order valence-electron chi connectivity index (χ4n) is 5.00. The number of imidazole rings is 1. The minimum atomic E-state index is -0.281. The fourth-order valence-corrected chi connectivity index (χ4v) is 5.00. The summed E-state index contributed by atoms with van der Waals surface area (Å²) in [6.45, 7) is 5.88. The van der Waals surface area contributed by atoms with Crippen LogP contribution < -0.4 is 4.74 Å². The van der Waals surface area contributed by atoms with E-state index in [4.69, 9.17) is 4.74 Å². The number of pyridine rings is 3. The minimum Gasteiger partial charge on any atom is -0.476 e. The van der Waals surface area contributed by atoms with Crippen molar-refractivity contribution in [2.24, 2.45) is 0 Å². The number of nitrogens with zero attached hydrogens (tertiary/aromatic N) is 5. The first-order valence-corrected chi connectivity index (χ1v) is 12.5. The molecule has 6 nitrogen and oxygen atoms in total. The number of fused-ring (bicyclic) bond motifs is 2. The second-order valence-corrected chi connectivity index (χ2v) is 9.40. The molecule has 5 aromatic rings. The summed E-state index contributed by atoms with van der Waals surface area (Å²) in [7, 11) is 0. The molecule has 5 heterocycles. The van der Waals surface area contributed by atoms with Crippen LogP contribution in [0.2, 0.25) is 0 Å². The minimum absolute atomic E-state index is 0.281. The second-order valence-electron chi connectivity index (χ2n) is 9.40. The van der Waals surface area contributed by atoms with Crippen LogP contribution in [0.1, 0.15) is 25.0 Å². The Labute approximate surface area is 209 Å². The lowest BCUT2D eigenvalue weighted by molar-refractivity contribution is 0.180. The van der Waals surface area contributed by atoms with E-state index in [2.05, 4.69) is 19.9 Å². The van der Waals surface area contributed by atoms with Gasteiger partial charge in [0.1, 0.15) is 18.1 Å². The molecule has 0 amide bonds. The summed E-state index contributed by atoms with van der Waals surface area (Å²) in [6, 6.07) is 14.7. The number of hydrogen-bond donors (Lipinski definition) is 0. The van der Waals surface area contributed by atoms with Crippen molar-refractivity contribution in [3.05, 3.63) is 78.6 Å². The normalized spacial score (nSPS) is 14.5. The standard InChI is InChI=1S/C29H28FN5O/c1-20-15-25(24-17-23(30)6-7-26(24)33-20)27-19-31-28-16-21(9-12-35(27)28)22-5-8-29(32-18-22)36-14-13-34-10-3-2-4-11-34/h5-9,12,15-19H,2-4,10-11,13-14H2,1H3. The summed E-state index contributed by atoms with van der Waals surface area (Å²) < 4.78 is 21.9. The van der Waals surface area contributed by atoms with E-state index in [0.717, 1.165) is 51.2 Å². The van der Waals surface area contributed by atoms with Gasteiger partial charge in [-0.25, -0.2) is 14.4 Å². The molecule has 1 aliphatic rings. The number of likely N-dealkylation sites (tertiary alicyclic amines) is 1. The highest BCUT2D eigenvalue weighted by Crippen LogP contribution is 2.31. The number of aryl methyl sites for hydroxylation is 1. The van der Waals surface area contributed by atoms with Gasteiger partial charge < -0.3 is 4.74 Å². The van der Waals surface area contributed by atoms with E-state index in [0.29, 0.717) is 12.5 Å². The van der Waals surface area contributed by atoms with Crippen LogP contribution in [0.4, 0.5) is 4.39 Å². The maximum absolute atomic E-state index is 14.0. The molecular weight excluding hydrogens is 453 g/mol. The van der Waals surface area contributed by atoms with Gasteiger partial charge in [0.2, 0.25) is 5.88 Å². The zero-order valence-electron chi connectivity index (χ0n) is 20.3. The van der Waals surface area contributed by atoms with Crippen molar-refractivity contribution < 1.29 is 9.13 Å². The van der Waals surface area contributed by atoms with E-state index in [1.165, 1.54) is 44.5 Å². The molecule has 36 heavy (non-hydrogen) atoms. The Hall–Kier alpha value is -3.84. The molecule has 0 atom stereocenters. The quantitative estimate of drug-likeness (QED) is 0.301.